The van der Waals surface area contributed by atoms with Crippen LogP contribution in [0.25, 0.3) is 0 Å². The van der Waals surface area contributed by atoms with Gasteiger partial charge in [-0.05, 0) is 36.8 Å². The molecular weight excluding hydrogens is 288 g/mol. The molecule has 122 valence electrons. The number of nitrogens with one attached hydrogen (secondary N) is 1. The van der Waals surface area contributed by atoms with Gasteiger partial charge in [-0.1, -0.05) is 26.2 Å². The standard InChI is InChI=1S/C18H24N4O/c1-2-3-4-5-10-23-18-12-17(15(20)11-16(18)21)22-14-8-6-13(19)7-9-14/h6-9,11-12,21H,2-5,10,19-20H2,1H3. The maximum Gasteiger partial charge on any atom is 0.146 e. The fourth-order valence-corrected chi connectivity index (χ4v) is 2.20. The average Bonchev–Trinajstić information content (AvgIpc) is 2.53. The van der Waals surface area contributed by atoms with Crippen LogP contribution in [-0.2, 0) is 4.74 Å². The molecule has 0 heterocycles. The minimum absolute atomic E-state index is 0.286. The van der Waals surface area contributed by atoms with Crippen LogP contribution in [0.2, 0.25) is 0 Å². The molecule has 23 heavy (non-hydrogen) atoms. The molecule has 0 atom stereocenters. The van der Waals surface area contributed by atoms with Crippen molar-refractivity contribution >= 4 is 22.8 Å². The monoisotopic (exact) mass is 312 g/mol. The van der Waals surface area contributed by atoms with Gasteiger partial charge in [0.15, 0.2) is 0 Å². The molecule has 0 unspecified atom stereocenters. The molecule has 1 aromatic carbocycles. The van der Waals surface area contributed by atoms with Crippen LogP contribution in [0.15, 0.2) is 52.9 Å². The number of anilines is 1. The highest BCUT2D eigenvalue weighted by Gasteiger charge is 2.15. The van der Waals surface area contributed by atoms with E-state index in [9.17, 15) is 0 Å². The predicted octanol–water partition coefficient (Wildman–Crippen LogP) is 3.70. The Morgan fingerprint density at radius 2 is 1.78 bits per heavy atom. The zero-order valence-electron chi connectivity index (χ0n) is 13.5. The topological polar surface area (TPSA) is 97.5 Å². The van der Waals surface area contributed by atoms with Crippen molar-refractivity contribution < 1.29 is 4.74 Å². The van der Waals surface area contributed by atoms with Crippen molar-refractivity contribution in [3.05, 3.63) is 47.9 Å². The van der Waals surface area contributed by atoms with E-state index in [0.29, 0.717) is 29.5 Å². The van der Waals surface area contributed by atoms with Crippen LogP contribution in [0.3, 0.4) is 0 Å². The third kappa shape index (κ3) is 4.98. The molecule has 0 radical (unpaired) electrons. The highest BCUT2D eigenvalue weighted by Crippen LogP contribution is 2.19. The van der Waals surface area contributed by atoms with Gasteiger partial charge in [-0.3, -0.25) is 5.41 Å². The number of hydrogen-bond donors (Lipinski definition) is 3. The van der Waals surface area contributed by atoms with Crippen LogP contribution in [-0.4, -0.2) is 18.0 Å². The summed E-state index contributed by atoms with van der Waals surface area (Å²) in [6, 6.07) is 7.24. The van der Waals surface area contributed by atoms with E-state index >= 15 is 0 Å². The van der Waals surface area contributed by atoms with E-state index in [0.717, 1.165) is 18.5 Å². The van der Waals surface area contributed by atoms with Crippen molar-refractivity contribution in [2.75, 3.05) is 12.3 Å². The van der Waals surface area contributed by atoms with Crippen molar-refractivity contribution in [1.29, 1.82) is 5.41 Å². The number of benzene rings is 1. The molecule has 0 aliphatic heterocycles. The number of nitrogens with zero attached hydrogens (tertiary/aromatic N) is 1. The molecule has 5 nitrogen and oxygen atoms in total. The van der Waals surface area contributed by atoms with Crippen LogP contribution in [0.4, 0.5) is 11.4 Å². The predicted molar refractivity (Wildman–Crippen MR) is 96.1 cm³/mol. The molecule has 1 aromatic rings. The first-order valence-corrected chi connectivity index (χ1v) is 7.95. The average molecular weight is 312 g/mol. The minimum atomic E-state index is 0.286. The van der Waals surface area contributed by atoms with Gasteiger partial charge < -0.3 is 16.2 Å². The van der Waals surface area contributed by atoms with Crippen molar-refractivity contribution in [3.8, 4) is 0 Å². The maximum absolute atomic E-state index is 7.97. The summed E-state index contributed by atoms with van der Waals surface area (Å²) in [5.41, 5.74) is 14.4. The van der Waals surface area contributed by atoms with E-state index < -0.39 is 0 Å². The quantitative estimate of drug-likeness (QED) is 0.407. The summed E-state index contributed by atoms with van der Waals surface area (Å²) in [7, 11) is 0. The Morgan fingerprint density at radius 1 is 1.04 bits per heavy atom. The van der Waals surface area contributed by atoms with Gasteiger partial charge in [0.2, 0.25) is 0 Å². The summed E-state index contributed by atoms with van der Waals surface area (Å²) < 4.78 is 5.71. The van der Waals surface area contributed by atoms with Crippen LogP contribution in [0.5, 0.6) is 0 Å². The largest absolute Gasteiger partial charge is 0.491 e. The molecule has 0 saturated heterocycles. The third-order valence-electron chi connectivity index (χ3n) is 3.53. The second kappa shape index (κ2) is 8.17. The van der Waals surface area contributed by atoms with E-state index in [1.165, 1.54) is 12.8 Å². The molecule has 5 N–H and O–H groups in total. The molecule has 0 aromatic heterocycles. The van der Waals surface area contributed by atoms with Gasteiger partial charge in [-0.2, -0.15) is 0 Å². The first-order chi connectivity index (χ1) is 11.1. The first kappa shape index (κ1) is 16.8. The molecule has 5 heteroatoms. The van der Waals surface area contributed by atoms with Crippen LogP contribution >= 0.6 is 0 Å². The van der Waals surface area contributed by atoms with Gasteiger partial charge >= 0.3 is 0 Å². The Kier molecular flexibility index (Phi) is 5.97. The smallest absolute Gasteiger partial charge is 0.146 e. The Balaban J connectivity index is 2.07. The molecule has 1 aliphatic rings. The second-order valence-corrected chi connectivity index (χ2v) is 5.52. The normalized spacial score (nSPS) is 16.2. The Bertz CT molecular complexity index is 641. The molecular formula is C18H24N4O. The summed E-state index contributed by atoms with van der Waals surface area (Å²) >= 11 is 0. The van der Waals surface area contributed by atoms with Crippen molar-refractivity contribution in [1.82, 2.24) is 0 Å². The summed E-state index contributed by atoms with van der Waals surface area (Å²) in [4.78, 5) is 4.50. The summed E-state index contributed by atoms with van der Waals surface area (Å²) in [6.45, 7) is 2.78. The number of allylic oxidation sites excluding steroid dienone is 2. The molecule has 1 aliphatic carbocycles. The lowest BCUT2D eigenvalue weighted by atomic mass is 10.1. The van der Waals surface area contributed by atoms with E-state index in [4.69, 9.17) is 21.6 Å². The van der Waals surface area contributed by atoms with Gasteiger partial charge in [0.25, 0.3) is 0 Å². The van der Waals surface area contributed by atoms with E-state index in [2.05, 4.69) is 11.9 Å². The van der Waals surface area contributed by atoms with E-state index in [-0.39, 0.29) is 5.71 Å². The zero-order chi connectivity index (χ0) is 16.7. The molecule has 0 spiro atoms. The highest BCUT2D eigenvalue weighted by molar-refractivity contribution is 6.22. The Hall–Kier alpha value is -2.56. The van der Waals surface area contributed by atoms with Gasteiger partial charge in [0.1, 0.15) is 5.76 Å². The molecule has 0 saturated carbocycles. The zero-order valence-corrected chi connectivity index (χ0v) is 13.5. The third-order valence-corrected chi connectivity index (χ3v) is 3.53. The molecule has 0 amide bonds. The van der Waals surface area contributed by atoms with Crippen LogP contribution in [0, 0.1) is 5.41 Å². The first-order valence-electron chi connectivity index (χ1n) is 7.95. The fourth-order valence-electron chi connectivity index (χ4n) is 2.20. The van der Waals surface area contributed by atoms with E-state index in [1.54, 1.807) is 24.3 Å². The van der Waals surface area contributed by atoms with Crippen molar-refractivity contribution in [2.45, 2.75) is 32.6 Å². The summed E-state index contributed by atoms with van der Waals surface area (Å²) in [5.74, 6) is 0.518. The number of nitrogens with two attached hydrogens (primary N) is 2. The van der Waals surface area contributed by atoms with Gasteiger partial charge in [0.05, 0.1) is 29.4 Å². The van der Waals surface area contributed by atoms with Crippen molar-refractivity contribution in [2.24, 2.45) is 10.7 Å². The number of aliphatic imine (C=N–C) groups is 1. The van der Waals surface area contributed by atoms with Crippen LogP contribution < -0.4 is 11.5 Å². The van der Waals surface area contributed by atoms with E-state index in [1.807, 2.05) is 12.1 Å². The molecule has 0 bridgehead atoms. The lowest BCUT2D eigenvalue weighted by Crippen LogP contribution is -2.19. The number of ether oxygens (including phenoxy) is 1. The molecule has 2 rings (SSSR count). The number of unbranched alkanes of at least 4 members (excludes halogenated alkanes) is 3. The van der Waals surface area contributed by atoms with Gasteiger partial charge in [-0.25, -0.2) is 4.99 Å². The SMILES string of the molecule is CCCCCCOC1=CC(=Nc2ccc(N)cc2)C(N)=CC1=N. The second-order valence-electron chi connectivity index (χ2n) is 5.52. The molecule has 0 fully saturated rings. The minimum Gasteiger partial charge on any atom is -0.491 e. The number of hydrogen-bond acceptors (Lipinski definition) is 5. The maximum atomic E-state index is 7.97. The number of rotatable bonds is 7. The van der Waals surface area contributed by atoms with Crippen LogP contribution in [0.1, 0.15) is 32.6 Å². The van der Waals surface area contributed by atoms with Crippen molar-refractivity contribution in [3.63, 3.8) is 0 Å². The van der Waals surface area contributed by atoms with Gasteiger partial charge in [-0.15, -0.1) is 0 Å². The fraction of sp³-hybridized carbons (Fsp3) is 0.333. The lowest BCUT2D eigenvalue weighted by Gasteiger charge is -2.15. The number of nitrogen functional groups attached to an aromatic ring is 1. The highest BCUT2D eigenvalue weighted by atomic mass is 16.5. The van der Waals surface area contributed by atoms with Gasteiger partial charge in [0, 0.05) is 11.8 Å². The summed E-state index contributed by atoms with van der Waals surface area (Å²) in [5, 5.41) is 7.97. The Labute approximate surface area is 137 Å². The summed E-state index contributed by atoms with van der Waals surface area (Å²) in [6.07, 6.45) is 7.83. The lowest BCUT2D eigenvalue weighted by molar-refractivity contribution is 0.223. The Morgan fingerprint density at radius 3 is 2.48 bits per heavy atom.